The Labute approximate surface area is 145 Å². The monoisotopic (exact) mass is 350 g/mol. The summed E-state index contributed by atoms with van der Waals surface area (Å²) in [5.41, 5.74) is 0.400. The van der Waals surface area contributed by atoms with E-state index in [0.717, 1.165) is 6.07 Å². The number of fused-ring (bicyclic) bond motifs is 2. The van der Waals surface area contributed by atoms with Gasteiger partial charge in [0.2, 0.25) is 0 Å². The first-order chi connectivity index (χ1) is 11.5. The molecule has 1 saturated heterocycles. The van der Waals surface area contributed by atoms with Crippen molar-refractivity contribution >= 4 is 17.6 Å². The molecule has 1 fully saturated rings. The van der Waals surface area contributed by atoms with E-state index < -0.39 is 5.97 Å². The summed E-state index contributed by atoms with van der Waals surface area (Å²) in [5.74, 6) is -1.24. The van der Waals surface area contributed by atoms with E-state index in [9.17, 15) is 15.0 Å². The number of aromatic hydroxyl groups is 2. The van der Waals surface area contributed by atoms with Crippen molar-refractivity contribution < 1.29 is 24.5 Å². The minimum absolute atomic E-state index is 0.0129. The van der Waals surface area contributed by atoms with Gasteiger partial charge >= 0.3 is 5.97 Å². The lowest BCUT2D eigenvalue weighted by molar-refractivity contribution is 0.0305. The Kier molecular flexibility index (Phi) is 4.83. The number of allylic oxidation sites excluding steroid dienone is 3. The predicted octanol–water partition coefficient (Wildman–Crippen LogP) is 3.51. The van der Waals surface area contributed by atoms with E-state index in [1.165, 1.54) is 0 Å². The van der Waals surface area contributed by atoms with Crippen molar-refractivity contribution in [2.24, 2.45) is 0 Å². The lowest BCUT2D eigenvalue weighted by Crippen LogP contribution is -2.19. The molecule has 0 bridgehead atoms. The highest BCUT2D eigenvalue weighted by atomic mass is 35.5. The van der Waals surface area contributed by atoms with Crippen molar-refractivity contribution in [3.05, 3.63) is 46.5 Å². The van der Waals surface area contributed by atoms with Gasteiger partial charge in [0.15, 0.2) is 0 Å². The van der Waals surface area contributed by atoms with Crippen LogP contribution < -0.4 is 0 Å². The molecule has 2 aliphatic rings. The van der Waals surface area contributed by atoms with Crippen molar-refractivity contribution in [1.29, 1.82) is 0 Å². The molecule has 0 saturated carbocycles. The number of cyclic esters (lactones) is 1. The smallest absolute Gasteiger partial charge is 0.342 e. The standard InChI is InChI=1S/C18H19ClO5/c1-10-8-15-14(24-15)7-5-3-2-4-6-11-16(18(22)23-10)12(20)9-13(21)17(11)19/h2-3,5,7,9-10,14-15,20-21H,4,6,8H2,1H3/b3-2+,7-5-. The van der Waals surface area contributed by atoms with Gasteiger partial charge < -0.3 is 19.7 Å². The predicted molar refractivity (Wildman–Crippen MR) is 89.5 cm³/mol. The molecule has 3 unspecified atom stereocenters. The van der Waals surface area contributed by atoms with Gasteiger partial charge in [-0.1, -0.05) is 35.9 Å². The van der Waals surface area contributed by atoms with Crippen LogP contribution in [0.25, 0.3) is 0 Å². The average Bonchev–Trinajstić information content (AvgIpc) is 3.24. The number of halogens is 1. The maximum Gasteiger partial charge on any atom is 0.342 e. The number of rotatable bonds is 0. The van der Waals surface area contributed by atoms with Gasteiger partial charge in [-0.2, -0.15) is 0 Å². The Balaban J connectivity index is 1.95. The Morgan fingerprint density at radius 2 is 2.04 bits per heavy atom. The summed E-state index contributed by atoms with van der Waals surface area (Å²) < 4.78 is 10.9. The summed E-state index contributed by atoms with van der Waals surface area (Å²) >= 11 is 6.14. The summed E-state index contributed by atoms with van der Waals surface area (Å²) in [6.45, 7) is 1.78. The van der Waals surface area contributed by atoms with Gasteiger partial charge in [-0.25, -0.2) is 4.79 Å². The molecule has 0 aromatic heterocycles. The normalized spacial score (nSPS) is 29.6. The molecule has 2 aliphatic heterocycles. The maximum absolute atomic E-state index is 12.5. The second-order valence-corrected chi connectivity index (χ2v) is 6.40. The molecule has 2 N–H and O–H groups in total. The summed E-state index contributed by atoms with van der Waals surface area (Å²) in [4.78, 5) is 12.5. The lowest BCUT2D eigenvalue weighted by Gasteiger charge is -2.17. The van der Waals surface area contributed by atoms with E-state index >= 15 is 0 Å². The molecule has 1 aromatic carbocycles. The molecule has 5 nitrogen and oxygen atoms in total. The largest absolute Gasteiger partial charge is 0.507 e. The van der Waals surface area contributed by atoms with Crippen molar-refractivity contribution in [3.63, 3.8) is 0 Å². The van der Waals surface area contributed by atoms with Crippen LogP contribution in [0.15, 0.2) is 30.4 Å². The molecule has 0 radical (unpaired) electrons. The third-order valence-corrected chi connectivity index (χ3v) is 4.55. The van der Waals surface area contributed by atoms with Crippen LogP contribution in [0.4, 0.5) is 0 Å². The van der Waals surface area contributed by atoms with Gasteiger partial charge in [0.1, 0.15) is 29.3 Å². The number of phenolic OH excluding ortho intramolecular Hbond substituents is 2. The van der Waals surface area contributed by atoms with E-state index in [0.29, 0.717) is 24.8 Å². The van der Waals surface area contributed by atoms with Gasteiger partial charge in [0.25, 0.3) is 0 Å². The molecular formula is C18H19ClO5. The summed E-state index contributed by atoms with van der Waals surface area (Å²) in [6, 6.07) is 1.06. The minimum atomic E-state index is -0.648. The number of ether oxygens (including phenoxy) is 2. The Morgan fingerprint density at radius 3 is 2.83 bits per heavy atom. The first kappa shape index (κ1) is 16.9. The zero-order valence-corrected chi connectivity index (χ0v) is 14.0. The number of phenols is 2. The van der Waals surface area contributed by atoms with E-state index in [1.807, 2.05) is 24.3 Å². The van der Waals surface area contributed by atoms with Crippen LogP contribution >= 0.6 is 11.6 Å². The van der Waals surface area contributed by atoms with Gasteiger partial charge in [0, 0.05) is 12.5 Å². The van der Waals surface area contributed by atoms with Crippen molar-refractivity contribution in [1.82, 2.24) is 0 Å². The van der Waals surface area contributed by atoms with Crippen LogP contribution in [-0.2, 0) is 15.9 Å². The minimum Gasteiger partial charge on any atom is -0.507 e. The summed E-state index contributed by atoms with van der Waals surface area (Å²) in [7, 11) is 0. The average molecular weight is 351 g/mol. The molecule has 0 spiro atoms. The molecule has 24 heavy (non-hydrogen) atoms. The van der Waals surface area contributed by atoms with Crippen LogP contribution in [0, 0.1) is 0 Å². The third kappa shape index (κ3) is 3.57. The van der Waals surface area contributed by atoms with Crippen LogP contribution in [0.3, 0.4) is 0 Å². The van der Waals surface area contributed by atoms with Crippen molar-refractivity contribution in [2.45, 2.75) is 44.5 Å². The SMILES string of the molecule is CC1CC2OC2/C=C\C=C\CCc2c(Cl)c(O)cc(O)c2C(=O)O1. The summed E-state index contributed by atoms with van der Waals surface area (Å²) in [6.07, 6.45) is 9.03. The zero-order valence-electron chi connectivity index (χ0n) is 13.2. The molecule has 3 atom stereocenters. The fourth-order valence-corrected chi connectivity index (χ4v) is 3.10. The van der Waals surface area contributed by atoms with Crippen LogP contribution in [0.2, 0.25) is 5.02 Å². The number of benzene rings is 1. The quantitative estimate of drug-likeness (QED) is 0.553. The molecular weight excluding hydrogens is 332 g/mol. The number of esters is 1. The Hall–Kier alpha value is -1.98. The van der Waals surface area contributed by atoms with Gasteiger partial charge in [-0.3, -0.25) is 0 Å². The van der Waals surface area contributed by atoms with Gasteiger partial charge in [-0.15, -0.1) is 0 Å². The molecule has 128 valence electrons. The van der Waals surface area contributed by atoms with E-state index in [-0.39, 0.29) is 40.4 Å². The first-order valence-electron chi connectivity index (χ1n) is 7.90. The van der Waals surface area contributed by atoms with Crippen LogP contribution in [0.5, 0.6) is 11.5 Å². The van der Waals surface area contributed by atoms with Crippen molar-refractivity contribution in [2.75, 3.05) is 0 Å². The number of hydrogen-bond acceptors (Lipinski definition) is 5. The van der Waals surface area contributed by atoms with E-state index in [1.54, 1.807) is 6.92 Å². The zero-order chi connectivity index (χ0) is 17.3. The van der Waals surface area contributed by atoms with Gasteiger partial charge in [-0.05, 0) is 25.3 Å². The van der Waals surface area contributed by atoms with Crippen LogP contribution in [-0.4, -0.2) is 34.5 Å². The number of carbonyl (C=O) groups is 1. The molecule has 1 aromatic rings. The second-order valence-electron chi connectivity index (χ2n) is 6.02. The second kappa shape index (κ2) is 6.87. The molecule has 2 heterocycles. The van der Waals surface area contributed by atoms with Crippen LogP contribution in [0.1, 0.15) is 35.7 Å². The number of epoxide rings is 1. The third-order valence-electron chi connectivity index (χ3n) is 4.13. The topological polar surface area (TPSA) is 79.3 Å². The number of carbonyl (C=O) groups excluding carboxylic acids is 1. The fraction of sp³-hybridized carbons (Fsp3) is 0.389. The molecule has 3 rings (SSSR count). The van der Waals surface area contributed by atoms with E-state index in [2.05, 4.69) is 0 Å². The highest BCUT2D eigenvalue weighted by Crippen LogP contribution is 2.38. The maximum atomic E-state index is 12.5. The summed E-state index contributed by atoms with van der Waals surface area (Å²) in [5, 5.41) is 20.0. The molecule has 6 heteroatoms. The molecule has 0 aliphatic carbocycles. The molecule has 0 amide bonds. The van der Waals surface area contributed by atoms with E-state index in [4.69, 9.17) is 21.1 Å². The van der Waals surface area contributed by atoms with Gasteiger partial charge in [0.05, 0.1) is 11.1 Å². The fourth-order valence-electron chi connectivity index (χ4n) is 2.85. The first-order valence-corrected chi connectivity index (χ1v) is 8.28. The highest BCUT2D eigenvalue weighted by Gasteiger charge is 2.38. The highest BCUT2D eigenvalue weighted by molar-refractivity contribution is 6.33. The lowest BCUT2D eigenvalue weighted by atomic mass is 10.0. The Bertz CT molecular complexity index is 710. The Morgan fingerprint density at radius 1 is 1.25 bits per heavy atom. The van der Waals surface area contributed by atoms with Crippen molar-refractivity contribution in [3.8, 4) is 11.5 Å². The number of hydrogen-bond donors (Lipinski definition) is 2.